The minimum absolute atomic E-state index is 0.0736. The number of nitrogen functional groups attached to an aromatic ring is 1. The van der Waals surface area contributed by atoms with E-state index in [0.717, 1.165) is 49.0 Å². The molecule has 0 radical (unpaired) electrons. The molecule has 1 fully saturated rings. The van der Waals surface area contributed by atoms with E-state index in [9.17, 15) is 14.4 Å². The zero-order valence-corrected chi connectivity index (χ0v) is 18.5. The molecule has 3 N–H and O–H groups in total. The number of carbonyl (C=O) groups excluding carboxylic acids is 1. The Morgan fingerprint density at radius 2 is 1.97 bits per heavy atom. The lowest BCUT2D eigenvalue weighted by molar-refractivity contribution is -0.116. The van der Waals surface area contributed by atoms with Gasteiger partial charge < -0.3 is 10.6 Å². The van der Waals surface area contributed by atoms with Crippen LogP contribution >= 0.6 is 11.8 Å². The van der Waals surface area contributed by atoms with Gasteiger partial charge in [-0.1, -0.05) is 44.4 Å². The van der Waals surface area contributed by atoms with Crippen LogP contribution in [-0.2, 0) is 11.3 Å². The number of nitrogens with zero attached hydrogens (tertiary/aromatic N) is 2. The molecule has 1 heterocycles. The number of aryl methyl sites for hydroxylation is 1. The smallest absolute Gasteiger partial charge is 0.330 e. The number of H-pyrrole nitrogens is 1. The van der Waals surface area contributed by atoms with E-state index in [4.69, 9.17) is 5.73 Å². The summed E-state index contributed by atoms with van der Waals surface area (Å²) in [7, 11) is 0. The lowest BCUT2D eigenvalue weighted by Crippen LogP contribution is -2.46. The first kappa shape index (κ1) is 22.2. The fourth-order valence-corrected chi connectivity index (χ4v) is 4.84. The summed E-state index contributed by atoms with van der Waals surface area (Å²) < 4.78 is 1.38. The topological polar surface area (TPSA) is 101 Å². The van der Waals surface area contributed by atoms with Gasteiger partial charge in [0.05, 0.1) is 5.75 Å². The first-order chi connectivity index (χ1) is 14.4. The number of rotatable bonds is 8. The van der Waals surface area contributed by atoms with Crippen molar-refractivity contribution in [3.8, 4) is 0 Å². The third-order valence-electron chi connectivity index (χ3n) is 5.59. The summed E-state index contributed by atoms with van der Waals surface area (Å²) in [6, 6.07) is 7.83. The number of aromatic nitrogens is 2. The van der Waals surface area contributed by atoms with Crippen molar-refractivity contribution in [2.75, 3.05) is 16.4 Å². The number of benzene rings is 1. The Morgan fingerprint density at radius 1 is 1.27 bits per heavy atom. The highest BCUT2D eigenvalue weighted by Gasteiger charge is 2.32. The van der Waals surface area contributed by atoms with Gasteiger partial charge in [-0.15, -0.1) is 11.8 Å². The van der Waals surface area contributed by atoms with E-state index >= 15 is 0 Å². The molecule has 0 spiro atoms. The number of carbonyl (C=O) groups is 1. The second-order valence-electron chi connectivity index (χ2n) is 7.75. The molecule has 1 aliphatic carbocycles. The van der Waals surface area contributed by atoms with Crippen LogP contribution in [0.2, 0.25) is 0 Å². The third-order valence-corrected chi connectivity index (χ3v) is 6.75. The van der Waals surface area contributed by atoms with Crippen LogP contribution in [0, 0.1) is 6.92 Å². The Morgan fingerprint density at radius 3 is 2.63 bits per heavy atom. The molecule has 1 aliphatic rings. The molecular weight excluding hydrogens is 400 g/mol. The molecule has 7 nitrogen and oxygen atoms in total. The SMILES string of the molecule is CCCCn1c(N)c(N(C(=O)CSc2ccccc2C)C2CCCC2)c(=O)[nH]c1=O. The molecule has 0 aliphatic heterocycles. The Bertz CT molecular complexity index is 1010. The fourth-order valence-electron chi connectivity index (χ4n) is 3.95. The van der Waals surface area contributed by atoms with Crippen LogP contribution in [0.3, 0.4) is 0 Å². The highest BCUT2D eigenvalue weighted by atomic mass is 32.2. The van der Waals surface area contributed by atoms with E-state index in [-0.39, 0.29) is 29.2 Å². The van der Waals surface area contributed by atoms with Crippen LogP contribution in [0.1, 0.15) is 51.0 Å². The summed E-state index contributed by atoms with van der Waals surface area (Å²) in [5.74, 6) is 0.125. The lowest BCUT2D eigenvalue weighted by atomic mass is 10.2. The molecule has 1 aromatic heterocycles. The van der Waals surface area contributed by atoms with Gasteiger partial charge >= 0.3 is 5.69 Å². The highest BCUT2D eigenvalue weighted by Crippen LogP contribution is 2.31. The van der Waals surface area contributed by atoms with Crippen molar-refractivity contribution in [1.29, 1.82) is 0 Å². The number of nitrogens with two attached hydrogens (primary N) is 1. The van der Waals surface area contributed by atoms with Gasteiger partial charge in [0, 0.05) is 17.5 Å². The fraction of sp³-hybridized carbons (Fsp3) is 0.500. The predicted molar refractivity (Wildman–Crippen MR) is 122 cm³/mol. The number of unbranched alkanes of at least 4 members (excludes halogenated alkanes) is 1. The van der Waals surface area contributed by atoms with Crippen LogP contribution in [0.15, 0.2) is 38.8 Å². The number of nitrogens with one attached hydrogen (secondary N) is 1. The van der Waals surface area contributed by atoms with E-state index < -0.39 is 11.2 Å². The van der Waals surface area contributed by atoms with Gasteiger partial charge in [-0.2, -0.15) is 0 Å². The summed E-state index contributed by atoms with van der Waals surface area (Å²) in [4.78, 5) is 43.4. The summed E-state index contributed by atoms with van der Waals surface area (Å²) in [5.41, 5.74) is 6.41. The molecule has 1 amide bonds. The van der Waals surface area contributed by atoms with Crippen molar-refractivity contribution in [2.45, 2.75) is 69.9 Å². The number of thioether (sulfide) groups is 1. The van der Waals surface area contributed by atoms with Crippen LogP contribution in [-0.4, -0.2) is 27.3 Å². The Labute approximate surface area is 180 Å². The first-order valence-electron chi connectivity index (χ1n) is 10.6. The zero-order valence-electron chi connectivity index (χ0n) is 17.6. The van der Waals surface area contributed by atoms with Crippen LogP contribution in [0.25, 0.3) is 0 Å². The molecule has 0 bridgehead atoms. The molecule has 8 heteroatoms. The van der Waals surface area contributed by atoms with E-state index in [2.05, 4.69) is 4.98 Å². The lowest BCUT2D eigenvalue weighted by Gasteiger charge is -2.30. The molecule has 1 aromatic carbocycles. The standard InChI is InChI=1S/C22H30N4O3S/c1-3-4-13-25-20(23)19(21(28)24-22(25)29)26(16-10-6-7-11-16)18(27)14-30-17-12-8-5-9-15(17)2/h5,8-9,12,16H,3-4,6-7,10-11,13-14,23H2,1-2H3,(H,24,28,29). The molecule has 0 atom stereocenters. The monoisotopic (exact) mass is 430 g/mol. The molecule has 2 aromatic rings. The van der Waals surface area contributed by atoms with Crippen LogP contribution in [0.4, 0.5) is 11.5 Å². The molecule has 0 saturated heterocycles. The molecule has 1 saturated carbocycles. The van der Waals surface area contributed by atoms with Crippen molar-refractivity contribution >= 4 is 29.2 Å². The average Bonchev–Trinajstić information content (AvgIpc) is 3.24. The number of hydrogen-bond donors (Lipinski definition) is 2. The van der Waals surface area contributed by atoms with Crippen molar-refractivity contribution < 1.29 is 4.79 Å². The number of amides is 1. The van der Waals surface area contributed by atoms with Gasteiger partial charge in [-0.25, -0.2) is 4.79 Å². The zero-order chi connectivity index (χ0) is 21.7. The van der Waals surface area contributed by atoms with E-state index in [1.807, 2.05) is 38.1 Å². The van der Waals surface area contributed by atoms with Gasteiger partial charge in [0.1, 0.15) is 5.82 Å². The normalized spacial score (nSPS) is 14.2. The van der Waals surface area contributed by atoms with E-state index in [0.29, 0.717) is 6.54 Å². The average molecular weight is 431 g/mol. The molecule has 0 unspecified atom stereocenters. The number of aromatic amines is 1. The number of anilines is 2. The Kier molecular flexibility index (Phi) is 7.42. The molecule has 162 valence electrons. The van der Waals surface area contributed by atoms with Gasteiger partial charge in [0.2, 0.25) is 5.91 Å². The summed E-state index contributed by atoms with van der Waals surface area (Å²) >= 11 is 1.46. The summed E-state index contributed by atoms with van der Waals surface area (Å²) in [6.07, 6.45) is 5.32. The number of hydrogen-bond acceptors (Lipinski definition) is 5. The van der Waals surface area contributed by atoms with Gasteiger partial charge in [0.25, 0.3) is 5.56 Å². The van der Waals surface area contributed by atoms with E-state index in [1.54, 1.807) is 4.90 Å². The van der Waals surface area contributed by atoms with Crippen molar-refractivity contribution in [1.82, 2.24) is 9.55 Å². The summed E-state index contributed by atoms with van der Waals surface area (Å²) in [6.45, 7) is 4.44. The molecule has 30 heavy (non-hydrogen) atoms. The third kappa shape index (κ3) is 4.80. The maximum atomic E-state index is 13.3. The maximum Gasteiger partial charge on any atom is 0.330 e. The van der Waals surface area contributed by atoms with Crippen LogP contribution in [0.5, 0.6) is 0 Å². The van der Waals surface area contributed by atoms with Crippen molar-refractivity contribution in [3.63, 3.8) is 0 Å². The first-order valence-corrected chi connectivity index (χ1v) is 11.6. The minimum Gasteiger partial charge on any atom is -0.383 e. The maximum absolute atomic E-state index is 13.3. The van der Waals surface area contributed by atoms with E-state index in [1.165, 1.54) is 16.3 Å². The second-order valence-corrected chi connectivity index (χ2v) is 8.77. The predicted octanol–water partition coefficient (Wildman–Crippen LogP) is 3.30. The van der Waals surface area contributed by atoms with Gasteiger partial charge in [-0.3, -0.25) is 19.1 Å². The second kappa shape index (κ2) is 10.0. The van der Waals surface area contributed by atoms with Gasteiger partial charge in [-0.05, 0) is 37.8 Å². The molecular formula is C22H30N4O3S. The largest absolute Gasteiger partial charge is 0.383 e. The minimum atomic E-state index is -0.591. The Hall–Kier alpha value is -2.48. The van der Waals surface area contributed by atoms with Crippen LogP contribution < -0.4 is 21.9 Å². The summed E-state index contributed by atoms with van der Waals surface area (Å²) in [5, 5.41) is 0. The molecule has 3 rings (SSSR count). The highest BCUT2D eigenvalue weighted by molar-refractivity contribution is 8.00. The quantitative estimate of drug-likeness (QED) is 0.626. The Balaban J connectivity index is 1.96. The van der Waals surface area contributed by atoms with Gasteiger partial charge in [0.15, 0.2) is 5.69 Å². The van der Waals surface area contributed by atoms with Crippen molar-refractivity contribution in [3.05, 3.63) is 50.7 Å². The van der Waals surface area contributed by atoms with Crippen molar-refractivity contribution in [2.24, 2.45) is 0 Å².